The normalized spacial score (nSPS) is 10.5. The Hall–Kier alpha value is -3.38. The van der Waals surface area contributed by atoms with E-state index in [1.165, 1.54) is 5.56 Å². The molecule has 6 heteroatoms. The van der Waals surface area contributed by atoms with Crippen molar-refractivity contribution < 1.29 is 19.1 Å². The van der Waals surface area contributed by atoms with E-state index in [0.29, 0.717) is 17.7 Å². The van der Waals surface area contributed by atoms with Crippen LogP contribution in [0.4, 0.5) is 5.69 Å². The molecular weight excluding hydrogens is 434 g/mol. The van der Waals surface area contributed by atoms with Crippen LogP contribution in [0.1, 0.15) is 40.7 Å². The van der Waals surface area contributed by atoms with Crippen molar-refractivity contribution in [1.29, 1.82) is 0 Å². The molecule has 170 valence electrons. The molecule has 3 rings (SSSR count). The van der Waals surface area contributed by atoms with E-state index in [2.05, 4.69) is 36.5 Å². The van der Waals surface area contributed by atoms with E-state index in [0.717, 1.165) is 15.4 Å². The molecule has 1 N–H and O–H groups in total. The van der Waals surface area contributed by atoms with Gasteiger partial charge in [0.25, 0.3) is 0 Å². The molecule has 0 saturated heterocycles. The third-order valence-electron chi connectivity index (χ3n) is 4.92. The summed E-state index contributed by atoms with van der Waals surface area (Å²) in [6.07, 6.45) is 0.631. The summed E-state index contributed by atoms with van der Waals surface area (Å²) < 4.78 is 5.03. The number of esters is 1. The Morgan fingerprint density at radius 2 is 1.30 bits per heavy atom. The van der Waals surface area contributed by atoms with Crippen LogP contribution in [0.3, 0.4) is 0 Å². The molecule has 0 fully saturated rings. The average Bonchev–Trinajstić information content (AvgIpc) is 2.81. The Kier molecular flexibility index (Phi) is 8.84. The van der Waals surface area contributed by atoms with Crippen molar-refractivity contribution in [2.24, 2.45) is 0 Å². The quantitative estimate of drug-likeness (QED) is 0.297. The van der Waals surface area contributed by atoms with Crippen LogP contribution in [0, 0.1) is 13.8 Å². The zero-order chi connectivity index (χ0) is 23.6. The van der Waals surface area contributed by atoms with E-state index in [-0.39, 0.29) is 31.1 Å². The summed E-state index contributed by atoms with van der Waals surface area (Å²) in [6.45, 7) is 3.70. The molecule has 0 aliphatic heterocycles. The number of ketones is 1. The number of benzene rings is 3. The highest BCUT2D eigenvalue weighted by Gasteiger charge is 2.11. The summed E-state index contributed by atoms with van der Waals surface area (Å²) in [5.41, 5.74) is 3.50. The van der Waals surface area contributed by atoms with Gasteiger partial charge < -0.3 is 10.1 Å². The van der Waals surface area contributed by atoms with Crippen LogP contribution in [0.25, 0.3) is 0 Å². The number of carbonyl (C=O) groups is 3. The Balaban J connectivity index is 1.35. The molecule has 0 saturated carbocycles. The second kappa shape index (κ2) is 12.0. The number of rotatable bonds is 10. The zero-order valence-corrected chi connectivity index (χ0v) is 19.6. The van der Waals surface area contributed by atoms with Crippen LogP contribution in [-0.2, 0) is 14.3 Å². The molecule has 0 aromatic heterocycles. The monoisotopic (exact) mass is 461 g/mol. The maximum absolute atomic E-state index is 12.2. The first kappa shape index (κ1) is 24.3. The Morgan fingerprint density at radius 1 is 0.758 bits per heavy atom. The average molecular weight is 462 g/mol. The van der Waals surface area contributed by atoms with Gasteiger partial charge in [0.2, 0.25) is 5.91 Å². The third kappa shape index (κ3) is 8.24. The van der Waals surface area contributed by atoms with Gasteiger partial charge in [-0.05, 0) is 56.7 Å². The first-order valence-corrected chi connectivity index (χ1v) is 11.6. The maximum Gasteiger partial charge on any atom is 0.306 e. The first-order valence-electron chi connectivity index (χ1n) is 10.8. The molecule has 33 heavy (non-hydrogen) atoms. The molecule has 3 aromatic rings. The van der Waals surface area contributed by atoms with E-state index in [4.69, 9.17) is 4.74 Å². The van der Waals surface area contributed by atoms with Crippen LogP contribution >= 0.6 is 11.8 Å². The van der Waals surface area contributed by atoms with Gasteiger partial charge in [-0.1, -0.05) is 59.3 Å². The minimum Gasteiger partial charge on any atom is -0.457 e. The molecule has 0 unspecified atom stereocenters. The van der Waals surface area contributed by atoms with Gasteiger partial charge in [0.05, 0.1) is 0 Å². The number of hydrogen-bond acceptors (Lipinski definition) is 5. The molecule has 0 atom stereocenters. The van der Waals surface area contributed by atoms with Crippen LogP contribution in [0.5, 0.6) is 0 Å². The number of Topliss-reactive ketones (excluding diaryl/α,β-unsaturated/α-hetero) is 1. The predicted molar refractivity (Wildman–Crippen MR) is 131 cm³/mol. The second-order valence-corrected chi connectivity index (χ2v) is 8.94. The molecule has 0 aliphatic rings. The zero-order valence-electron chi connectivity index (χ0n) is 18.8. The number of amides is 1. The minimum atomic E-state index is -0.485. The highest BCUT2D eigenvalue weighted by Crippen LogP contribution is 2.28. The van der Waals surface area contributed by atoms with Crippen molar-refractivity contribution in [1.82, 2.24) is 0 Å². The summed E-state index contributed by atoms with van der Waals surface area (Å²) in [5.74, 6) is -0.900. The molecule has 5 nitrogen and oxygen atoms in total. The van der Waals surface area contributed by atoms with Gasteiger partial charge in [0, 0.05) is 33.9 Å². The number of anilines is 1. The molecule has 0 bridgehead atoms. The van der Waals surface area contributed by atoms with Gasteiger partial charge in [0.15, 0.2) is 12.4 Å². The van der Waals surface area contributed by atoms with Crippen molar-refractivity contribution in [3.05, 3.63) is 89.5 Å². The lowest BCUT2D eigenvalue weighted by Gasteiger charge is -2.07. The summed E-state index contributed by atoms with van der Waals surface area (Å²) in [4.78, 5) is 38.3. The molecule has 0 radical (unpaired) electrons. The second-order valence-electron chi connectivity index (χ2n) is 7.79. The van der Waals surface area contributed by atoms with E-state index in [9.17, 15) is 14.4 Å². The van der Waals surface area contributed by atoms with Gasteiger partial charge in [-0.25, -0.2) is 0 Å². The molecular formula is C27H27NO4S. The van der Waals surface area contributed by atoms with E-state index in [1.54, 1.807) is 23.9 Å². The van der Waals surface area contributed by atoms with Gasteiger partial charge in [-0.3, -0.25) is 14.4 Å². The first-order chi connectivity index (χ1) is 15.9. The van der Waals surface area contributed by atoms with E-state index < -0.39 is 5.97 Å². The highest BCUT2D eigenvalue weighted by atomic mass is 32.2. The van der Waals surface area contributed by atoms with Crippen molar-refractivity contribution in [2.45, 2.75) is 42.9 Å². The molecule has 3 aromatic carbocycles. The fourth-order valence-electron chi connectivity index (χ4n) is 3.01. The number of nitrogens with one attached hydrogen (secondary N) is 1. The summed E-state index contributed by atoms with van der Waals surface area (Å²) in [6, 6.07) is 23.1. The predicted octanol–water partition coefficient (Wildman–Crippen LogP) is 5.99. The van der Waals surface area contributed by atoms with Crippen LogP contribution in [0.2, 0.25) is 0 Å². The Labute approximate surface area is 198 Å². The molecule has 0 heterocycles. The lowest BCUT2D eigenvalue weighted by Crippen LogP contribution is -2.15. The lowest BCUT2D eigenvalue weighted by atomic mass is 10.1. The van der Waals surface area contributed by atoms with Crippen LogP contribution in [-0.4, -0.2) is 24.3 Å². The maximum atomic E-state index is 12.2. The van der Waals surface area contributed by atoms with Gasteiger partial charge in [-0.15, -0.1) is 0 Å². The SMILES string of the molecule is Cc1ccc(Sc2ccc(NC(=O)CCCC(=O)OCC(=O)c3ccc(C)cc3)cc2)cc1. The lowest BCUT2D eigenvalue weighted by molar-refractivity contribution is -0.142. The summed E-state index contributed by atoms with van der Waals surface area (Å²) >= 11 is 1.66. The Bertz CT molecular complexity index is 1090. The van der Waals surface area contributed by atoms with Crippen LogP contribution < -0.4 is 5.32 Å². The van der Waals surface area contributed by atoms with Gasteiger partial charge in [0.1, 0.15) is 0 Å². The van der Waals surface area contributed by atoms with Crippen molar-refractivity contribution in [3.8, 4) is 0 Å². The number of hydrogen-bond donors (Lipinski definition) is 1. The number of aryl methyl sites for hydroxylation is 2. The summed E-state index contributed by atoms with van der Waals surface area (Å²) in [5, 5.41) is 2.84. The van der Waals surface area contributed by atoms with E-state index in [1.807, 2.05) is 43.3 Å². The topological polar surface area (TPSA) is 72.5 Å². The minimum absolute atomic E-state index is 0.0841. The third-order valence-corrected chi connectivity index (χ3v) is 5.93. The smallest absolute Gasteiger partial charge is 0.306 e. The van der Waals surface area contributed by atoms with Crippen LogP contribution in [0.15, 0.2) is 82.6 Å². The largest absolute Gasteiger partial charge is 0.457 e. The van der Waals surface area contributed by atoms with E-state index >= 15 is 0 Å². The molecule has 1 amide bonds. The standard InChI is InChI=1S/C27H27NO4S/c1-19-6-10-21(11-7-19)25(29)18-32-27(31)5-3-4-26(30)28-22-12-16-24(17-13-22)33-23-14-8-20(2)9-15-23/h6-17H,3-5,18H2,1-2H3,(H,28,30). The number of ether oxygens (including phenoxy) is 1. The highest BCUT2D eigenvalue weighted by molar-refractivity contribution is 7.99. The molecule has 0 spiro atoms. The van der Waals surface area contributed by atoms with Gasteiger partial charge >= 0.3 is 5.97 Å². The van der Waals surface area contributed by atoms with Crippen molar-refractivity contribution in [3.63, 3.8) is 0 Å². The number of carbonyl (C=O) groups excluding carboxylic acids is 3. The Morgan fingerprint density at radius 3 is 1.91 bits per heavy atom. The summed E-state index contributed by atoms with van der Waals surface area (Å²) in [7, 11) is 0. The van der Waals surface area contributed by atoms with Crippen molar-refractivity contribution >= 4 is 35.1 Å². The fraction of sp³-hybridized carbons (Fsp3) is 0.222. The fourth-order valence-corrected chi connectivity index (χ4v) is 3.82. The van der Waals surface area contributed by atoms with Crippen molar-refractivity contribution in [2.75, 3.05) is 11.9 Å². The van der Waals surface area contributed by atoms with Gasteiger partial charge in [-0.2, -0.15) is 0 Å². The molecule has 0 aliphatic carbocycles.